The molecule has 2 heterocycles. The van der Waals surface area contributed by atoms with Crippen LogP contribution in [0.5, 0.6) is 0 Å². The molecular formula is C17H30N2O. The summed E-state index contributed by atoms with van der Waals surface area (Å²) in [5.41, 5.74) is 0.531. The topological polar surface area (TPSA) is 24.5 Å². The number of hydrogen-bond donors (Lipinski definition) is 1. The van der Waals surface area contributed by atoms with Crippen LogP contribution in [-0.4, -0.2) is 48.8 Å². The van der Waals surface area contributed by atoms with Gasteiger partial charge in [0.2, 0.25) is 0 Å². The first-order valence-electron chi connectivity index (χ1n) is 8.93. The van der Waals surface area contributed by atoms with E-state index in [4.69, 9.17) is 4.74 Å². The average Bonchev–Trinajstić information content (AvgIpc) is 2.82. The van der Waals surface area contributed by atoms with Crippen LogP contribution < -0.4 is 5.32 Å². The molecule has 4 fully saturated rings. The number of hydrogen-bond acceptors (Lipinski definition) is 3. The van der Waals surface area contributed by atoms with E-state index in [2.05, 4.69) is 17.1 Å². The van der Waals surface area contributed by atoms with Gasteiger partial charge < -0.3 is 15.0 Å². The molecule has 0 amide bonds. The van der Waals surface area contributed by atoms with Crippen molar-refractivity contribution in [2.45, 2.75) is 82.5 Å². The number of nitrogens with one attached hydrogen (secondary N) is 1. The molecule has 2 aliphatic heterocycles. The molecule has 114 valence electrons. The van der Waals surface area contributed by atoms with Gasteiger partial charge in [0.15, 0.2) is 0 Å². The fourth-order valence-electron chi connectivity index (χ4n) is 5.33. The lowest BCUT2D eigenvalue weighted by atomic mass is 9.51. The summed E-state index contributed by atoms with van der Waals surface area (Å²) >= 11 is 0. The van der Waals surface area contributed by atoms with Crippen LogP contribution in [0.25, 0.3) is 0 Å². The number of nitrogens with zero attached hydrogens (tertiary/aromatic N) is 1. The van der Waals surface area contributed by atoms with Crippen LogP contribution in [0.15, 0.2) is 0 Å². The predicted molar refractivity (Wildman–Crippen MR) is 80.9 cm³/mol. The SMILES string of the molecule is CCOC1CC(NC2CCN3CCCC3C2)C12CCC2. The Labute approximate surface area is 123 Å². The van der Waals surface area contributed by atoms with E-state index >= 15 is 0 Å². The van der Waals surface area contributed by atoms with E-state index in [-0.39, 0.29) is 0 Å². The second kappa shape index (κ2) is 5.26. The zero-order chi connectivity index (χ0) is 13.6. The van der Waals surface area contributed by atoms with Crippen LogP contribution in [0.4, 0.5) is 0 Å². The quantitative estimate of drug-likeness (QED) is 0.855. The average molecular weight is 278 g/mol. The Morgan fingerprint density at radius 1 is 1.15 bits per heavy atom. The molecule has 2 saturated carbocycles. The first-order chi connectivity index (χ1) is 9.82. The molecule has 3 heteroatoms. The van der Waals surface area contributed by atoms with Gasteiger partial charge in [0, 0.05) is 30.1 Å². The van der Waals surface area contributed by atoms with Crippen LogP contribution in [0.3, 0.4) is 0 Å². The highest BCUT2D eigenvalue weighted by Gasteiger charge is 2.59. The molecule has 2 saturated heterocycles. The van der Waals surface area contributed by atoms with Gasteiger partial charge in [0.05, 0.1) is 6.10 Å². The second-order valence-corrected chi connectivity index (χ2v) is 7.54. The van der Waals surface area contributed by atoms with Gasteiger partial charge in [-0.1, -0.05) is 6.42 Å². The molecule has 1 N–H and O–H groups in total. The summed E-state index contributed by atoms with van der Waals surface area (Å²) in [6.45, 7) is 5.72. The fraction of sp³-hybridized carbons (Fsp3) is 1.00. The van der Waals surface area contributed by atoms with Crippen LogP contribution in [0.2, 0.25) is 0 Å². The minimum Gasteiger partial charge on any atom is -0.378 e. The maximum absolute atomic E-state index is 5.98. The fourth-order valence-corrected chi connectivity index (χ4v) is 5.33. The molecule has 2 aliphatic carbocycles. The third kappa shape index (κ3) is 2.05. The Balaban J connectivity index is 1.33. The van der Waals surface area contributed by atoms with E-state index < -0.39 is 0 Å². The number of piperidine rings is 1. The van der Waals surface area contributed by atoms with E-state index in [9.17, 15) is 0 Å². The summed E-state index contributed by atoms with van der Waals surface area (Å²) in [5.74, 6) is 0. The number of fused-ring (bicyclic) bond motifs is 1. The van der Waals surface area contributed by atoms with Crippen molar-refractivity contribution in [1.82, 2.24) is 10.2 Å². The van der Waals surface area contributed by atoms with Crippen molar-refractivity contribution < 1.29 is 4.74 Å². The summed E-state index contributed by atoms with van der Waals surface area (Å²) in [7, 11) is 0. The zero-order valence-electron chi connectivity index (χ0n) is 12.9. The van der Waals surface area contributed by atoms with Crippen molar-refractivity contribution in [3.63, 3.8) is 0 Å². The number of ether oxygens (including phenoxy) is 1. The van der Waals surface area contributed by atoms with E-state index in [1.807, 2.05) is 0 Å². The van der Waals surface area contributed by atoms with Gasteiger partial charge in [-0.3, -0.25) is 0 Å². The van der Waals surface area contributed by atoms with Crippen LogP contribution in [0.1, 0.15) is 58.3 Å². The standard InChI is InChI=1S/C17H30N2O/c1-2-20-16-12-15(17(16)7-4-8-17)18-13-6-10-19-9-3-5-14(19)11-13/h13-16,18H,2-12H2,1H3. The lowest BCUT2D eigenvalue weighted by Gasteiger charge is -2.62. The molecule has 4 atom stereocenters. The maximum Gasteiger partial charge on any atom is 0.0661 e. The van der Waals surface area contributed by atoms with Gasteiger partial charge in [-0.2, -0.15) is 0 Å². The van der Waals surface area contributed by atoms with E-state index in [0.717, 1.165) is 24.7 Å². The molecule has 0 aromatic carbocycles. The third-order valence-electron chi connectivity index (χ3n) is 6.69. The Bertz CT molecular complexity index is 355. The molecule has 4 unspecified atom stereocenters. The van der Waals surface area contributed by atoms with Gasteiger partial charge in [-0.15, -0.1) is 0 Å². The highest BCUT2D eigenvalue weighted by molar-refractivity contribution is 5.13. The lowest BCUT2D eigenvalue weighted by molar-refractivity contribution is -0.175. The van der Waals surface area contributed by atoms with E-state index in [1.165, 1.54) is 64.5 Å². The van der Waals surface area contributed by atoms with Gasteiger partial charge >= 0.3 is 0 Å². The van der Waals surface area contributed by atoms with Crippen LogP contribution >= 0.6 is 0 Å². The Kier molecular flexibility index (Phi) is 3.56. The summed E-state index contributed by atoms with van der Waals surface area (Å²) < 4.78 is 5.98. The summed E-state index contributed by atoms with van der Waals surface area (Å²) in [6, 6.07) is 2.42. The molecule has 20 heavy (non-hydrogen) atoms. The second-order valence-electron chi connectivity index (χ2n) is 7.54. The smallest absolute Gasteiger partial charge is 0.0661 e. The van der Waals surface area contributed by atoms with Crippen LogP contribution in [0, 0.1) is 5.41 Å². The monoisotopic (exact) mass is 278 g/mol. The van der Waals surface area contributed by atoms with Crippen molar-refractivity contribution in [1.29, 1.82) is 0 Å². The van der Waals surface area contributed by atoms with Gasteiger partial charge in [-0.25, -0.2) is 0 Å². The maximum atomic E-state index is 5.98. The Morgan fingerprint density at radius 3 is 2.80 bits per heavy atom. The third-order valence-corrected chi connectivity index (χ3v) is 6.69. The zero-order valence-corrected chi connectivity index (χ0v) is 12.9. The van der Waals surface area contributed by atoms with Crippen LogP contribution in [-0.2, 0) is 4.74 Å². The largest absolute Gasteiger partial charge is 0.378 e. The molecule has 0 radical (unpaired) electrons. The van der Waals surface area contributed by atoms with Gasteiger partial charge in [-0.05, 0) is 65.0 Å². The van der Waals surface area contributed by atoms with Crippen molar-refractivity contribution in [3.05, 3.63) is 0 Å². The molecule has 0 aromatic heterocycles. The number of rotatable bonds is 4. The van der Waals surface area contributed by atoms with E-state index in [0.29, 0.717) is 11.5 Å². The molecule has 4 rings (SSSR count). The molecule has 0 aromatic rings. The normalized spacial score (nSPS) is 43.0. The minimum atomic E-state index is 0.531. The van der Waals surface area contributed by atoms with Crippen molar-refractivity contribution >= 4 is 0 Å². The summed E-state index contributed by atoms with van der Waals surface area (Å²) in [6.07, 6.45) is 11.7. The van der Waals surface area contributed by atoms with Gasteiger partial charge in [0.25, 0.3) is 0 Å². The summed E-state index contributed by atoms with van der Waals surface area (Å²) in [5, 5.41) is 4.04. The van der Waals surface area contributed by atoms with Gasteiger partial charge in [0.1, 0.15) is 0 Å². The first kappa shape index (κ1) is 13.5. The highest BCUT2D eigenvalue weighted by atomic mass is 16.5. The molecule has 0 bridgehead atoms. The van der Waals surface area contributed by atoms with Crippen molar-refractivity contribution in [2.75, 3.05) is 19.7 Å². The Morgan fingerprint density at radius 2 is 2.05 bits per heavy atom. The van der Waals surface area contributed by atoms with E-state index in [1.54, 1.807) is 0 Å². The molecule has 1 spiro atoms. The van der Waals surface area contributed by atoms with Crippen molar-refractivity contribution in [2.24, 2.45) is 5.41 Å². The van der Waals surface area contributed by atoms with Crippen molar-refractivity contribution in [3.8, 4) is 0 Å². The molecule has 4 aliphatic rings. The minimum absolute atomic E-state index is 0.531. The molecular weight excluding hydrogens is 248 g/mol. The first-order valence-corrected chi connectivity index (χ1v) is 8.93. The summed E-state index contributed by atoms with van der Waals surface area (Å²) in [4.78, 5) is 2.72. The lowest BCUT2D eigenvalue weighted by Crippen LogP contribution is -2.68. The highest BCUT2D eigenvalue weighted by Crippen LogP contribution is 2.57. The Hall–Kier alpha value is -0.120. The predicted octanol–water partition coefficient (Wildman–Crippen LogP) is 2.55. The molecule has 3 nitrogen and oxygen atoms in total.